The van der Waals surface area contributed by atoms with E-state index in [0.29, 0.717) is 12.2 Å². The summed E-state index contributed by atoms with van der Waals surface area (Å²) in [7, 11) is -7.65. The molecule has 0 radical (unpaired) electrons. The van der Waals surface area contributed by atoms with Gasteiger partial charge in [-0.15, -0.1) is 0 Å². The van der Waals surface area contributed by atoms with E-state index in [1.807, 2.05) is 6.92 Å². The van der Waals surface area contributed by atoms with Crippen molar-refractivity contribution in [1.82, 2.24) is 18.4 Å². The molecule has 0 spiro atoms. The second-order valence-corrected chi connectivity index (χ2v) is 10.3. The summed E-state index contributed by atoms with van der Waals surface area (Å²) in [5, 5.41) is 14.9. The molecule has 13 heteroatoms. The molecule has 158 valence electrons. The van der Waals surface area contributed by atoms with E-state index in [0.717, 1.165) is 12.1 Å². The van der Waals surface area contributed by atoms with Crippen LogP contribution in [0.1, 0.15) is 12.6 Å². The molecule has 1 aromatic heterocycles. The van der Waals surface area contributed by atoms with E-state index in [-0.39, 0.29) is 41.7 Å². The Hall–Kier alpha value is -2.35. The number of rotatable bonds is 6. The number of sulfonamides is 2. The fourth-order valence-corrected chi connectivity index (χ4v) is 6.11. The van der Waals surface area contributed by atoms with Crippen molar-refractivity contribution in [2.45, 2.75) is 30.2 Å². The molecule has 1 saturated heterocycles. The van der Waals surface area contributed by atoms with Gasteiger partial charge in [-0.3, -0.25) is 14.8 Å². The Morgan fingerprint density at radius 2 is 1.52 bits per heavy atom. The summed E-state index contributed by atoms with van der Waals surface area (Å²) < 4.78 is 55.3. The maximum absolute atomic E-state index is 12.9. The summed E-state index contributed by atoms with van der Waals surface area (Å²) in [6.07, 6.45) is 1.48. The summed E-state index contributed by atoms with van der Waals surface area (Å²) in [6, 6.07) is 4.61. The van der Waals surface area contributed by atoms with Crippen molar-refractivity contribution in [3.05, 3.63) is 46.3 Å². The number of benzene rings is 1. The first-order chi connectivity index (χ1) is 13.6. The normalized spacial score (nSPS) is 16.8. The number of nitro groups is 1. The van der Waals surface area contributed by atoms with E-state index < -0.39 is 25.0 Å². The number of non-ortho nitro benzene ring substituents is 1. The fraction of sp³-hybridized carbons (Fsp3) is 0.438. The molecule has 2 heterocycles. The average molecular weight is 444 g/mol. The summed E-state index contributed by atoms with van der Waals surface area (Å²) in [5.74, 6) is 0. The molecule has 3 rings (SSSR count). The molecule has 2 aromatic rings. The van der Waals surface area contributed by atoms with Crippen LogP contribution in [-0.4, -0.2) is 66.3 Å². The lowest BCUT2D eigenvalue weighted by atomic mass is 10.3. The minimum atomic E-state index is -3.87. The molecule has 1 aromatic carbocycles. The van der Waals surface area contributed by atoms with Crippen molar-refractivity contribution >= 4 is 25.7 Å². The zero-order valence-electron chi connectivity index (χ0n) is 15.9. The molecule has 0 N–H and O–H groups in total. The van der Waals surface area contributed by atoms with Crippen molar-refractivity contribution in [2.24, 2.45) is 0 Å². The molecule has 1 aliphatic rings. The number of hydrogen-bond acceptors (Lipinski definition) is 7. The van der Waals surface area contributed by atoms with Crippen molar-refractivity contribution < 1.29 is 21.8 Å². The Kier molecular flexibility index (Phi) is 5.76. The summed E-state index contributed by atoms with van der Waals surface area (Å²) in [6.45, 7) is 3.99. The molecule has 0 unspecified atom stereocenters. The lowest BCUT2D eigenvalue weighted by Gasteiger charge is -2.33. The van der Waals surface area contributed by atoms with Crippen molar-refractivity contribution in [3.63, 3.8) is 0 Å². The standard InChI is InChI=1S/C16H21N5O6S2/c1-3-18-12-16(13(2)17-18)29(26,27)20-10-8-19(9-11-20)28(24,25)15-6-4-14(5-7-15)21(22)23/h4-7,12H,3,8-11H2,1-2H3. The van der Waals surface area contributed by atoms with E-state index >= 15 is 0 Å². The monoisotopic (exact) mass is 443 g/mol. The van der Waals surface area contributed by atoms with Crippen molar-refractivity contribution in [2.75, 3.05) is 26.2 Å². The van der Waals surface area contributed by atoms with E-state index in [1.165, 1.54) is 31.6 Å². The minimum absolute atomic E-state index is 0.00525. The van der Waals surface area contributed by atoms with Crippen LogP contribution in [0.15, 0.2) is 40.3 Å². The largest absolute Gasteiger partial charge is 0.271 e. The third-order valence-corrected chi connectivity index (χ3v) is 8.64. The highest BCUT2D eigenvalue weighted by atomic mass is 32.2. The maximum Gasteiger partial charge on any atom is 0.269 e. The topological polar surface area (TPSA) is 136 Å². The lowest BCUT2D eigenvalue weighted by Crippen LogP contribution is -2.50. The Bertz CT molecular complexity index is 1120. The number of aromatic nitrogens is 2. The molecule has 0 saturated carbocycles. The van der Waals surface area contributed by atoms with Gasteiger partial charge in [0.05, 0.1) is 15.5 Å². The molecule has 29 heavy (non-hydrogen) atoms. The van der Waals surface area contributed by atoms with Crippen LogP contribution in [0.3, 0.4) is 0 Å². The third kappa shape index (κ3) is 4.03. The number of aryl methyl sites for hydroxylation is 2. The number of nitrogens with zero attached hydrogens (tertiary/aromatic N) is 5. The molecular weight excluding hydrogens is 422 g/mol. The van der Waals surface area contributed by atoms with Crippen LogP contribution < -0.4 is 0 Å². The minimum Gasteiger partial charge on any atom is -0.271 e. The first-order valence-corrected chi connectivity index (χ1v) is 11.7. The molecule has 1 fully saturated rings. The van der Waals surface area contributed by atoms with Crippen LogP contribution in [-0.2, 0) is 26.6 Å². The van der Waals surface area contributed by atoms with Gasteiger partial charge in [0, 0.05) is 51.1 Å². The van der Waals surface area contributed by atoms with Crippen LogP contribution in [0.4, 0.5) is 5.69 Å². The summed E-state index contributed by atoms with van der Waals surface area (Å²) >= 11 is 0. The molecule has 0 aliphatic carbocycles. The zero-order valence-corrected chi connectivity index (χ0v) is 17.6. The number of piperazine rings is 1. The zero-order chi connectivity index (χ0) is 21.4. The van der Waals surface area contributed by atoms with Gasteiger partial charge < -0.3 is 0 Å². The number of nitro benzene ring substituents is 1. The van der Waals surface area contributed by atoms with E-state index in [1.54, 1.807) is 6.92 Å². The highest BCUT2D eigenvalue weighted by molar-refractivity contribution is 7.89. The SMILES string of the molecule is CCn1cc(S(=O)(=O)N2CCN(S(=O)(=O)c3ccc([N+](=O)[O-])cc3)CC2)c(C)n1. The van der Waals surface area contributed by atoms with Crippen molar-refractivity contribution in [1.29, 1.82) is 0 Å². The Labute approximate surface area is 168 Å². The first kappa shape index (κ1) is 21.4. The van der Waals surface area contributed by atoms with Gasteiger partial charge in [-0.25, -0.2) is 16.8 Å². The van der Waals surface area contributed by atoms with Gasteiger partial charge in [0.2, 0.25) is 20.0 Å². The molecule has 11 nitrogen and oxygen atoms in total. The molecule has 0 atom stereocenters. The van der Waals surface area contributed by atoms with Gasteiger partial charge in [-0.1, -0.05) is 0 Å². The van der Waals surface area contributed by atoms with E-state index in [4.69, 9.17) is 0 Å². The summed E-state index contributed by atoms with van der Waals surface area (Å²) in [4.78, 5) is 10.2. The summed E-state index contributed by atoms with van der Waals surface area (Å²) in [5.41, 5.74) is 0.190. The van der Waals surface area contributed by atoms with E-state index in [9.17, 15) is 26.9 Å². The van der Waals surface area contributed by atoms with Crippen LogP contribution in [0.2, 0.25) is 0 Å². The van der Waals surface area contributed by atoms with Crippen LogP contribution >= 0.6 is 0 Å². The predicted octanol–water partition coefficient (Wildman–Crippen LogP) is 0.815. The Morgan fingerprint density at radius 3 is 1.97 bits per heavy atom. The molecule has 1 aliphatic heterocycles. The van der Waals surface area contributed by atoms with Gasteiger partial charge in [0.15, 0.2) is 0 Å². The highest BCUT2D eigenvalue weighted by Crippen LogP contribution is 2.24. The van der Waals surface area contributed by atoms with Gasteiger partial charge in [0.25, 0.3) is 5.69 Å². The van der Waals surface area contributed by atoms with E-state index in [2.05, 4.69) is 5.10 Å². The quantitative estimate of drug-likeness (QED) is 0.476. The molecular formula is C16H21N5O6S2. The van der Waals surface area contributed by atoms with Crippen LogP contribution in [0.5, 0.6) is 0 Å². The van der Waals surface area contributed by atoms with Gasteiger partial charge in [0.1, 0.15) is 4.90 Å². The number of hydrogen-bond donors (Lipinski definition) is 0. The first-order valence-electron chi connectivity index (χ1n) is 8.86. The van der Waals surface area contributed by atoms with Gasteiger partial charge in [-0.05, 0) is 26.0 Å². The van der Waals surface area contributed by atoms with Crippen LogP contribution in [0.25, 0.3) is 0 Å². The second kappa shape index (κ2) is 7.82. The Balaban J connectivity index is 1.75. The lowest BCUT2D eigenvalue weighted by molar-refractivity contribution is -0.384. The Morgan fingerprint density at radius 1 is 1.00 bits per heavy atom. The van der Waals surface area contributed by atoms with Gasteiger partial charge >= 0.3 is 0 Å². The maximum atomic E-state index is 12.9. The molecule has 0 amide bonds. The third-order valence-electron chi connectivity index (χ3n) is 4.73. The molecule has 0 bridgehead atoms. The van der Waals surface area contributed by atoms with Crippen LogP contribution in [0, 0.1) is 17.0 Å². The van der Waals surface area contributed by atoms with Gasteiger partial charge in [-0.2, -0.15) is 13.7 Å². The highest BCUT2D eigenvalue weighted by Gasteiger charge is 2.35. The fourth-order valence-electron chi connectivity index (χ4n) is 3.09. The second-order valence-electron chi connectivity index (χ2n) is 6.49. The predicted molar refractivity (Wildman–Crippen MR) is 103 cm³/mol. The van der Waals surface area contributed by atoms with Crippen molar-refractivity contribution in [3.8, 4) is 0 Å². The smallest absolute Gasteiger partial charge is 0.269 e. The average Bonchev–Trinajstić information content (AvgIpc) is 3.10.